The van der Waals surface area contributed by atoms with Gasteiger partial charge in [0.1, 0.15) is 0 Å². The minimum Gasteiger partial charge on any atom is -0.389 e. The maximum atomic E-state index is 11.5. The topological polar surface area (TPSA) is 65.5 Å². The molecule has 5 heteroatoms. The number of amides is 1. The number of hydrogen-bond acceptors (Lipinski definition) is 4. The molecule has 1 aromatic rings. The summed E-state index contributed by atoms with van der Waals surface area (Å²) in [6.45, 7) is 4.12. The van der Waals surface area contributed by atoms with E-state index >= 15 is 0 Å². The highest BCUT2D eigenvalue weighted by molar-refractivity contribution is 6.00. The molecule has 2 heterocycles. The number of β-amino-alcohol motifs (C(OH)–C–C–N with tert-alkyl or cyclic N) is 1. The number of nitrogens with zero attached hydrogens (tertiary/aromatic N) is 2. The van der Waals surface area contributed by atoms with E-state index in [0.29, 0.717) is 12.2 Å². The number of fused-ring (bicyclic) bond motifs is 1. The molecule has 0 saturated heterocycles. The van der Waals surface area contributed by atoms with E-state index in [1.807, 2.05) is 11.0 Å². The van der Waals surface area contributed by atoms with Gasteiger partial charge in [0.05, 0.1) is 29.7 Å². The van der Waals surface area contributed by atoms with Crippen LogP contribution < -0.4 is 10.2 Å². The Bertz CT molecular complexity index is 412. The molecule has 0 spiro atoms. The van der Waals surface area contributed by atoms with Crippen LogP contribution in [-0.2, 0) is 4.79 Å². The van der Waals surface area contributed by atoms with E-state index in [-0.39, 0.29) is 12.5 Å². The van der Waals surface area contributed by atoms with Gasteiger partial charge >= 0.3 is 0 Å². The first-order valence-electron chi connectivity index (χ1n) is 5.17. The molecule has 0 atom stereocenters. The Morgan fingerprint density at radius 1 is 1.62 bits per heavy atom. The van der Waals surface area contributed by atoms with Crippen LogP contribution >= 0.6 is 0 Å². The number of aromatic nitrogens is 1. The number of carbonyl (C=O) groups is 1. The molecule has 2 N–H and O–H groups in total. The van der Waals surface area contributed by atoms with Crippen LogP contribution in [0.5, 0.6) is 0 Å². The van der Waals surface area contributed by atoms with Gasteiger partial charge in [0.2, 0.25) is 5.91 Å². The van der Waals surface area contributed by atoms with Crippen LogP contribution in [-0.4, -0.2) is 34.7 Å². The Hall–Kier alpha value is -1.62. The van der Waals surface area contributed by atoms with Crippen molar-refractivity contribution < 1.29 is 9.90 Å². The van der Waals surface area contributed by atoms with Crippen LogP contribution in [0, 0.1) is 0 Å². The zero-order valence-electron chi connectivity index (χ0n) is 9.40. The number of carbonyl (C=O) groups excluding carboxylic acids is 1. The van der Waals surface area contributed by atoms with Gasteiger partial charge < -0.3 is 15.3 Å². The predicted molar refractivity (Wildman–Crippen MR) is 61.4 cm³/mol. The monoisotopic (exact) mass is 221 g/mol. The van der Waals surface area contributed by atoms with Crippen molar-refractivity contribution >= 4 is 17.3 Å². The summed E-state index contributed by atoms with van der Waals surface area (Å²) in [6, 6.07) is 1.83. The number of rotatable bonds is 2. The summed E-state index contributed by atoms with van der Waals surface area (Å²) in [5.41, 5.74) is 0.762. The van der Waals surface area contributed by atoms with Crippen molar-refractivity contribution in [3.8, 4) is 0 Å². The largest absolute Gasteiger partial charge is 0.389 e. The first-order chi connectivity index (χ1) is 7.46. The van der Waals surface area contributed by atoms with Gasteiger partial charge in [-0.1, -0.05) is 0 Å². The van der Waals surface area contributed by atoms with E-state index in [1.165, 1.54) is 0 Å². The lowest BCUT2D eigenvalue weighted by molar-refractivity contribution is -0.115. The molecular weight excluding hydrogens is 206 g/mol. The Morgan fingerprint density at radius 3 is 3.06 bits per heavy atom. The lowest BCUT2D eigenvalue weighted by Crippen LogP contribution is -2.45. The van der Waals surface area contributed by atoms with E-state index in [1.54, 1.807) is 26.2 Å². The second kappa shape index (κ2) is 3.75. The van der Waals surface area contributed by atoms with Crippen molar-refractivity contribution in [1.29, 1.82) is 0 Å². The Labute approximate surface area is 94.1 Å². The molecule has 16 heavy (non-hydrogen) atoms. The van der Waals surface area contributed by atoms with Gasteiger partial charge in [-0.05, 0) is 19.9 Å². The van der Waals surface area contributed by atoms with Crippen molar-refractivity contribution in [3.05, 3.63) is 18.5 Å². The molecular formula is C11H15N3O2. The minimum atomic E-state index is -0.835. The number of anilines is 2. The summed E-state index contributed by atoms with van der Waals surface area (Å²) in [6.07, 6.45) is 3.29. The van der Waals surface area contributed by atoms with E-state index in [2.05, 4.69) is 10.3 Å². The fourth-order valence-corrected chi connectivity index (χ4v) is 1.82. The zero-order valence-corrected chi connectivity index (χ0v) is 9.40. The standard InChI is InChI=1S/C11H15N3O2/c1-11(2,16)7-14-6-10(15)13-8-5-12-4-3-9(8)14/h3-5,16H,6-7H2,1-2H3,(H,13,15). The fourth-order valence-electron chi connectivity index (χ4n) is 1.82. The average Bonchev–Trinajstić information content (AvgIpc) is 2.14. The second-order valence-electron chi connectivity index (χ2n) is 4.61. The van der Waals surface area contributed by atoms with Crippen LogP contribution in [0.1, 0.15) is 13.8 Å². The molecule has 0 aromatic carbocycles. The molecule has 0 fully saturated rings. The summed E-state index contributed by atoms with van der Waals surface area (Å²) in [5, 5.41) is 12.5. The summed E-state index contributed by atoms with van der Waals surface area (Å²) in [4.78, 5) is 17.3. The van der Waals surface area contributed by atoms with Crippen molar-refractivity contribution in [2.45, 2.75) is 19.4 Å². The van der Waals surface area contributed by atoms with Crippen molar-refractivity contribution in [3.63, 3.8) is 0 Å². The molecule has 2 rings (SSSR count). The molecule has 0 saturated carbocycles. The minimum absolute atomic E-state index is 0.0789. The van der Waals surface area contributed by atoms with Gasteiger partial charge in [-0.25, -0.2) is 0 Å². The predicted octanol–water partition coefficient (Wildman–Crippen LogP) is 0.611. The molecule has 1 amide bonds. The van der Waals surface area contributed by atoms with Gasteiger partial charge in [-0.15, -0.1) is 0 Å². The maximum absolute atomic E-state index is 11.5. The van der Waals surface area contributed by atoms with Crippen molar-refractivity contribution in [2.24, 2.45) is 0 Å². The normalized spacial score (nSPS) is 15.7. The molecule has 1 aromatic heterocycles. The molecule has 0 bridgehead atoms. The Morgan fingerprint density at radius 2 is 2.38 bits per heavy atom. The smallest absolute Gasteiger partial charge is 0.243 e. The number of nitrogens with one attached hydrogen (secondary N) is 1. The van der Waals surface area contributed by atoms with E-state index < -0.39 is 5.60 Å². The quantitative estimate of drug-likeness (QED) is 0.768. The third kappa shape index (κ3) is 2.30. The van der Waals surface area contributed by atoms with Crippen LogP contribution in [0.25, 0.3) is 0 Å². The molecule has 0 unspecified atom stereocenters. The van der Waals surface area contributed by atoms with Crippen LogP contribution in [0.15, 0.2) is 18.5 Å². The van der Waals surface area contributed by atoms with Gasteiger partial charge in [0, 0.05) is 12.7 Å². The number of aliphatic hydroxyl groups is 1. The Kier molecular flexibility index (Phi) is 2.55. The van der Waals surface area contributed by atoms with Crippen molar-refractivity contribution in [2.75, 3.05) is 23.3 Å². The molecule has 1 aliphatic rings. The van der Waals surface area contributed by atoms with Gasteiger partial charge in [-0.3, -0.25) is 9.78 Å². The van der Waals surface area contributed by atoms with E-state index in [0.717, 1.165) is 5.69 Å². The first-order valence-corrected chi connectivity index (χ1v) is 5.17. The van der Waals surface area contributed by atoms with Gasteiger partial charge in [0.25, 0.3) is 0 Å². The highest BCUT2D eigenvalue weighted by Gasteiger charge is 2.26. The number of hydrogen-bond donors (Lipinski definition) is 2. The lowest BCUT2D eigenvalue weighted by Gasteiger charge is -2.34. The molecule has 5 nitrogen and oxygen atoms in total. The van der Waals surface area contributed by atoms with Crippen LogP contribution in [0.2, 0.25) is 0 Å². The third-order valence-corrected chi connectivity index (χ3v) is 2.33. The third-order valence-electron chi connectivity index (χ3n) is 2.33. The maximum Gasteiger partial charge on any atom is 0.243 e. The average molecular weight is 221 g/mol. The fraction of sp³-hybridized carbons (Fsp3) is 0.455. The Balaban J connectivity index is 2.30. The molecule has 1 aliphatic heterocycles. The SMILES string of the molecule is CC(C)(O)CN1CC(=O)Nc2cnccc21. The highest BCUT2D eigenvalue weighted by Crippen LogP contribution is 2.28. The molecule has 86 valence electrons. The first kappa shape index (κ1) is 10.9. The summed E-state index contributed by atoms with van der Waals surface area (Å²) in [7, 11) is 0. The summed E-state index contributed by atoms with van der Waals surface area (Å²) in [5.74, 6) is -0.0789. The highest BCUT2D eigenvalue weighted by atomic mass is 16.3. The number of pyridine rings is 1. The van der Waals surface area contributed by atoms with Gasteiger partial charge in [0.15, 0.2) is 0 Å². The second-order valence-corrected chi connectivity index (χ2v) is 4.61. The lowest BCUT2D eigenvalue weighted by atomic mass is 10.1. The summed E-state index contributed by atoms with van der Waals surface area (Å²) < 4.78 is 0. The van der Waals surface area contributed by atoms with E-state index in [4.69, 9.17) is 0 Å². The zero-order chi connectivity index (χ0) is 11.8. The van der Waals surface area contributed by atoms with Crippen molar-refractivity contribution in [1.82, 2.24) is 4.98 Å². The molecule has 0 radical (unpaired) electrons. The van der Waals surface area contributed by atoms with Crippen LogP contribution in [0.4, 0.5) is 11.4 Å². The molecule has 0 aliphatic carbocycles. The van der Waals surface area contributed by atoms with E-state index in [9.17, 15) is 9.90 Å². The summed E-state index contributed by atoms with van der Waals surface area (Å²) >= 11 is 0. The van der Waals surface area contributed by atoms with Gasteiger partial charge in [-0.2, -0.15) is 0 Å². The van der Waals surface area contributed by atoms with Crippen LogP contribution in [0.3, 0.4) is 0 Å².